The lowest BCUT2D eigenvalue weighted by atomic mass is 10.1. The van der Waals surface area contributed by atoms with Crippen LogP contribution in [0.25, 0.3) is 0 Å². The molecule has 1 unspecified atom stereocenters. The Balaban J connectivity index is 2.33. The third kappa shape index (κ3) is 4.00. The van der Waals surface area contributed by atoms with Crippen molar-refractivity contribution in [1.82, 2.24) is 15.5 Å². The van der Waals surface area contributed by atoms with Crippen molar-refractivity contribution in [3.63, 3.8) is 0 Å². The summed E-state index contributed by atoms with van der Waals surface area (Å²) in [6.07, 6.45) is 3.01. The standard InChI is InChI=1S/C11H21N3O/c1-4-7-12-8-6-10-13-14-11(15-10)9(3)5-2/h9,12H,4-8H2,1-3H3. The van der Waals surface area contributed by atoms with Crippen LogP contribution in [0.15, 0.2) is 4.42 Å². The van der Waals surface area contributed by atoms with Gasteiger partial charge in [0.25, 0.3) is 0 Å². The van der Waals surface area contributed by atoms with Crippen LogP contribution in [0, 0.1) is 0 Å². The average Bonchev–Trinajstić information content (AvgIpc) is 2.72. The second-order valence-corrected chi connectivity index (χ2v) is 3.84. The highest BCUT2D eigenvalue weighted by atomic mass is 16.4. The molecule has 0 spiro atoms. The maximum Gasteiger partial charge on any atom is 0.219 e. The monoisotopic (exact) mass is 211 g/mol. The van der Waals surface area contributed by atoms with Gasteiger partial charge < -0.3 is 9.73 Å². The van der Waals surface area contributed by atoms with Gasteiger partial charge in [-0.3, -0.25) is 0 Å². The zero-order valence-corrected chi connectivity index (χ0v) is 9.92. The van der Waals surface area contributed by atoms with Gasteiger partial charge in [-0.2, -0.15) is 0 Å². The third-order valence-corrected chi connectivity index (χ3v) is 2.46. The maximum atomic E-state index is 5.55. The number of aromatic nitrogens is 2. The van der Waals surface area contributed by atoms with E-state index in [9.17, 15) is 0 Å². The second kappa shape index (κ2) is 6.56. The Hall–Kier alpha value is -0.900. The van der Waals surface area contributed by atoms with Crippen LogP contribution in [0.3, 0.4) is 0 Å². The summed E-state index contributed by atoms with van der Waals surface area (Å²) in [5.41, 5.74) is 0. The van der Waals surface area contributed by atoms with E-state index < -0.39 is 0 Å². The van der Waals surface area contributed by atoms with Gasteiger partial charge in [-0.15, -0.1) is 10.2 Å². The minimum Gasteiger partial charge on any atom is -0.425 e. The van der Waals surface area contributed by atoms with Gasteiger partial charge in [0.1, 0.15) is 0 Å². The smallest absolute Gasteiger partial charge is 0.219 e. The Morgan fingerprint density at radius 3 is 2.73 bits per heavy atom. The Bertz CT molecular complexity index is 273. The van der Waals surface area contributed by atoms with Crippen LogP contribution in [0.5, 0.6) is 0 Å². The molecular weight excluding hydrogens is 190 g/mol. The molecule has 0 saturated heterocycles. The summed E-state index contributed by atoms with van der Waals surface area (Å²) in [6, 6.07) is 0. The molecule has 15 heavy (non-hydrogen) atoms. The first kappa shape index (κ1) is 12.2. The fourth-order valence-electron chi connectivity index (χ4n) is 1.24. The zero-order valence-electron chi connectivity index (χ0n) is 9.92. The summed E-state index contributed by atoms with van der Waals surface area (Å²) in [7, 11) is 0. The topological polar surface area (TPSA) is 51.0 Å². The van der Waals surface area contributed by atoms with Gasteiger partial charge in [0.2, 0.25) is 11.8 Å². The molecule has 1 aromatic rings. The van der Waals surface area contributed by atoms with Crippen molar-refractivity contribution in [2.75, 3.05) is 13.1 Å². The lowest BCUT2D eigenvalue weighted by Crippen LogP contribution is -2.17. The normalized spacial score (nSPS) is 13.0. The van der Waals surface area contributed by atoms with Crippen LogP contribution in [0.1, 0.15) is 51.3 Å². The Morgan fingerprint density at radius 1 is 1.27 bits per heavy atom. The molecule has 0 aliphatic heterocycles. The lowest BCUT2D eigenvalue weighted by molar-refractivity contribution is 0.416. The van der Waals surface area contributed by atoms with Crippen molar-refractivity contribution in [1.29, 1.82) is 0 Å². The van der Waals surface area contributed by atoms with Crippen molar-refractivity contribution in [3.8, 4) is 0 Å². The number of hydrogen-bond donors (Lipinski definition) is 1. The summed E-state index contributed by atoms with van der Waals surface area (Å²) in [4.78, 5) is 0. The molecule has 4 nitrogen and oxygen atoms in total. The number of nitrogens with zero attached hydrogens (tertiary/aromatic N) is 2. The van der Waals surface area contributed by atoms with E-state index in [-0.39, 0.29) is 0 Å². The molecule has 1 rings (SSSR count). The van der Waals surface area contributed by atoms with E-state index in [0.717, 1.165) is 44.1 Å². The van der Waals surface area contributed by atoms with Gasteiger partial charge in [-0.05, 0) is 19.4 Å². The first-order valence-corrected chi connectivity index (χ1v) is 5.80. The Labute approximate surface area is 91.5 Å². The van der Waals surface area contributed by atoms with Crippen LogP contribution in [-0.4, -0.2) is 23.3 Å². The molecule has 1 heterocycles. The quantitative estimate of drug-likeness (QED) is 0.702. The SMILES string of the molecule is CCCNCCc1nnc(C(C)CC)o1. The number of hydrogen-bond acceptors (Lipinski definition) is 4. The minimum atomic E-state index is 0.370. The van der Waals surface area contributed by atoms with Gasteiger partial charge >= 0.3 is 0 Å². The van der Waals surface area contributed by atoms with Gasteiger partial charge in [-0.25, -0.2) is 0 Å². The maximum absolute atomic E-state index is 5.55. The highest BCUT2D eigenvalue weighted by molar-refractivity contribution is 4.89. The molecule has 4 heteroatoms. The predicted octanol–water partition coefficient (Wildman–Crippen LogP) is 2.13. The minimum absolute atomic E-state index is 0.370. The fraction of sp³-hybridized carbons (Fsp3) is 0.818. The molecule has 0 fully saturated rings. The highest BCUT2D eigenvalue weighted by Crippen LogP contribution is 2.16. The molecule has 86 valence electrons. The number of rotatable bonds is 7. The number of nitrogens with one attached hydrogen (secondary N) is 1. The van der Waals surface area contributed by atoms with Crippen LogP contribution >= 0.6 is 0 Å². The fourth-order valence-corrected chi connectivity index (χ4v) is 1.24. The predicted molar refractivity (Wildman–Crippen MR) is 59.9 cm³/mol. The molecule has 1 aromatic heterocycles. The van der Waals surface area contributed by atoms with E-state index in [1.165, 1.54) is 0 Å². The summed E-state index contributed by atoms with van der Waals surface area (Å²) < 4.78 is 5.55. The second-order valence-electron chi connectivity index (χ2n) is 3.84. The molecule has 0 saturated carbocycles. The first-order chi connectivity index (χ1) is 7.27. The largest absolute Gasteiger partial charge is 0.425 e. The Kier molecular flexibility index (Phi) is 5.32. The molecule has 0 aliphatic carbocycles. The molecule has 0 aromatic carbocycles. The van der Waals surface area contributed by atoms with E-state index in [1.54, 1.807) is 0 Å². The van der Waals surface area contributed by atoms with Gasteiger partial charge in [0, 0.05) is 18.9 Å². The highest BCUT2D eigenvalue weighted by Gasteiger charge is 2.11. The first-order valence-electron chi connectivity index (χ1n) is 5.80. The zero-order chi connectivity index (χ0) is 11.1. The lowest BCUT2D eigenvalue weighted by Gasteiger charge is -2.00. The van der Waals surface area contributed by atoms with E-state index in [2.05, 4.69) is 36.3 Å². The molecule has 0 aliphatic rings. The molecule has 1 atom stereocenters. The van der Waals surface area contributed by atoms with Crippen LogP contribution in [0.2, 0.25) is 0 Å². The summed E-state index contributed by atoms with van der Waals surface area (Å²) in [5.74, 6) is 1.88. The van der Waals surface area contributed by atoms with Crippen LogP contribution in [-0.2, 0) is 6.42 Å². The molecule has 0 bridgehead atoms. The summed E-state index contributed by atoms with van der Waals surface area (Å²) in [6.45, 7) is 8.34. The molecular formula is C11H21N3O. The third-order valence-electron chi connectivity index (χ3n) is 2.46. The van der Waals surface area contributed by atoms with E-state index in [4.69, 9.17) is 4.42 Å². The Morgan fingerprint density at radius 2 is 2.07 bits per heavy atom. The molecule has 1 N–H and O–H groups in total. The van der Waals surface area contributed by atoms with Crippen LogP contribution < -0.4 is 5.32 Å². The van der Waals surface area contributed by atoms with Gasteiger partial charge in [-0.1, -0.05) is 20.8 Å². The van der Waals surface area contributed by atoms with Crippen molar-refractivity contribution in [2.24, 2.45) is 0 Å². The van der Waals surface area contributed by atoms with E-state index in [1.807, 2.05) is 0 Å². The molecule has 0 radical (unpaired) electrons. The average molecular weight is 211 g/mol. The van der Waals surface area contributed by atoms with Crippen LogP contribution in [0.4, 0.5) is 0 Å². The van der Waals surface area contributed by atoms with Crippen molar-refractivity contribution in [2.45, 2.75) is 46.0 Å². The van der Waals surface area contributed by atoms with Crippen molar-refractivity contribution >= 4 is 0 Å². The summed E-state index contributed by atoms with van der Waals surface area (Å²) >= 11 is 0. The van der Waals surface area contributed by atoms with Crippen molar-refractivity contribution in [3.05, 3.63) is 11.8 Å². The summed E-state index contributed by atoms with van der Waals surface area (Å²) in [5, 5.41) is 11.4. The van der Waals surface area contributed by atoms with Gasteiger partial charge in [0.15, 0.2) is 0 Å². The van der Waals surface area contributed by atoms with E-state index >= 15 is 0 Å². The van der Waals surface area contributed by atoms with E-state index in [0.29, 0.717) is 5.92 Å². The molecule has 0 amide bonds. The van der Waals surface area contributed by atoms with Gasteiger partial charge in [0.05, 0.1) is 0 Å². The van der Waals surface area contributed by atoms with Crippen molar-refractivity contribution < 1.29 is 4.42 Å².